The molecule has 0 saturated heterocycles. The maximum Gasteiger partial charge on any atom is 0.350 e. The van der Waals surface area contributed by atoms with Gasteiger partial charge in [0.2, 0.25) is 0 Å². The van der Waals surface area contributed by atoms with Crippen molar-refractivity contribution < 1.29 is 14.3 Å². The van der Waals surface area contributed by atoms with Gasteiger partial charge in [0.1, 0.15) is 4.88 Å². The minimum Gasteiger partial charge on any atom is -0.462 e. The van der Waals surface area contributed by atoms with Crippen LogP contribution < -0.4 is 0 Å². The van der Waals surface area contributed by atoms with Crippen molar-refractivity contribution in [3.05, 3.63) is 51.5 Å². The van der Waals surface area contributed by atoms with Crippen LogP contribution in [0.2, 0.25) is 0 Å². The summed E-state index contributed by atoms with van der Waals surface area (Å²) in [5.74, 6) is -0.321. The largest absolute Gasteiger partial charge is 0.462 e. The molecule has 124 valence electrons. The molecule has 0 spiro atoms. The summed E-state index contributed by atoms with van der Waals surface area (Å²) in [5.41, 5.74) is 1.65. The minimum atomic E-state index is -0.321. The van der Waals surface area contributed by atoms with Crippen LogP contribution in [0.5, 0.6) is 0 Å². The van der Waals surface area contributed by atoms with E-state index in [9.17, 15) is 4.79 Å². The van der Waals surface area contributed by atoms with Gasteiger partial charge in [0, 0.05) is 5.41 Å². The molecular weight excluding hydrogens is 310 g/mol. The van der Waals surface area contributed by atoms with Gasteiger partial charge in [0.05, 0.1) is 30.5 Å². The highest BCUT2D eigenvalue weighted by molar-refractivity contribution is 7.13. The molecule has 0 aliphatic rings. The second-order valence-electron chi connectivity index (χ2n) is 6.24. The van der Waals surface area contributed by atoms with Gasteiger partial charge in [-0.25, -0.2) is 9.78 Å². The van der Waals surface area contributed by atoms with Crippen molar-refractivity contribution in [2.45, 2.75) is 46.3 Å². The van der Waals surface area contributed by atoms with Crippen LogP contribution in [0.4, 0.5) is 0 Å². The van der Waals surface area contributed by atoms with Crippen LogP contribution in [-0.2, 0) is 28.1 Å². The molecule has 1 aromatic carbocycles. The Morgan fingerprint density at radius 3 is 2.48 bits per heavy atom. The average molecular weight is 333 g/mol. The van der Waals surface area contributed by atoms with Gasteiger partial charge in [0.15, 0.2) is 0 Å². The number of hydrogen-bond acceptors (Lipinski definition) is 5. The third-order valence-corrected chi connectivity index (χ3v) is 4.65. The zero-order chi connectivity index (χ0) is 16.9. The van der Waals surface area contributed by atoms with Crippen LogP contribution in [0, 0.1) is 0 Å². The number of nitrogens with zero attached hydrogens (tertiary/aromatic N) is 1. The van der Waals surface area contributed by atoms with Gasteiger partial charge in [-0.1, -0.05) is 51.1 Å². The van der Waals surface area contributed by atoms with Crippen LogP contribution in [0.25, 0.3) is 0 Å². The molecule has 0 N–H and O–H groups in total. The highest BCUT2D eigenvalue weighted by Gasteiger charge is 2.25. The van der Waals surface area contributed by atoms with Crippen LogP contribution in [0.3, 0.4) is 0 Å². The van der Waals surface area contributed by atoms with Crippen molar-refractivity contribution in [1.29, 1.82) is 0 Å². The summed E-state index contributed by atoms with van der Waals surface area (Å²) in [4.78, 5) is 17.3. The van der Waals surface area contributed by atoms with Gasteiger partial charge in [-0.15, -0.1) is 11.3 Å². The van der Waals surface area contributed by atoms with Crippen LogP contribution >= 0.6 is 11.3 Å². The average Bonchev–Trinajstić information content (AvgIpc) is 2.93. The van der Waals surface area contributed by atoms with Gasteiger partial charge in [-0.3, -0.25) is 0 Å². The lowest BCUT2D eigenvalue weighted by Crippen LogP contribution is -2.10. The van der Waals surface area contributed by atoms with E-state index in [1.54, 1.807) is 6.92 Å². The highest BCUT2D eigenvalue weighted by Crippen LogP contribution is 2.30. The molecule has 0 amide bonds. The first-order valence-electron chi connectivity index (χ1n) is 7.70. The maximum absolute atomic E-state index is 12.1. The molecule has 23 heavy (non-hydrogen) atoms. The Balaban J connectivity index is 2.12. The van der Waals surface area contributed by atoms with Crippen LogP contribution in [0.15, 0.2) is 30.3 Å². The Hall–Kier alpha value is -1.72. The Bertz CT molecular complexity index is 644. The molecule has 1 heterocycles. The predicted octanol–water partition coefficient (Wildman–Crippen LogP) is 4.33. The zero-order valence-corrected chi connectivity index (χ0v) is 14.9. The first-order valence-corrected chi connectivity index (χ1v) is 8.52. The number of carbonyl (C=O) groups is 1. The van der Waals surface area contributed by atoms with Crippen molar-refractivity contribution in [2.24, 2.45) is 0 Å². The number of hydrogen-bond donors (Lipinski definition) is 0. The molecule has 0 bridgehead atoms. The quantitative estimate of drug-likeness (QED) is 0.738. The zero-order valence-electron chi connectivity index (χ0n) is 14.1. The Morgan fingerprint density at radius 2 is 1.87 bits per heavy atom. The molecule has 0 unspecified atom stereocenters. The fraction of sp³-hybridized carbons (Fsp3) is 0.444. The molecule has 0 radical (unpaired) electrons. The summed E-state index contributed by atoms with van der Waals surface area (Å²) in [5, 5.41) is 0.916. The number of rotatable bonds is 6. The van der Waals surface area contributed by atoms with E-state index in [-0.39, 0.29) is 11.4 Å². The van der Waals surface area contributed by atoms with Gasteiger partial charge < -0.3 is 9.47 Å². The van der Waals surface area contributed by atoms with Crippen molar-refractivity contribution in [1.82, 2.24) is 4.98 Å². The minimum absolute atomic E-state index is 0.108. The molecule has 0 aliphatic carbocycles. The molecule has 0 fully saturated rings. The van der Waals surface area contributed by atoms with E-state index in [0.29, 0.717) is 30.4 Å². The fourth-order valence-electron chi connectivity index (χ4n) is 1.97. The lowest BCUT2D eigenvalue weighted by atomic mass is 9.98. The Morgan fingerprint density at radius 1 is 1.17 bits per heavy atom. The van der Waals surface area contributed by atoms with Crippen molar-refractivity contribution >= 4 is 17.3 Å². The lowest BCUT2D eigenvalue weighted by Gasteiger charge is -2.13. The monoisotopic (exact) mass is 333 g/mol. The van der Waals surface area contributed by atoms with Gasteiger partial charge >= 0.3 is 5.97 Å². The van der Waals surface area contributed by atoms with E-state index < -0.39 is 0 Å². The van der Waals surface area contributed by atoms with Gasteiger partial charge in [-0.05, 0) is 12.5 Å². The number of ether oxygens (including phenoxy) is 2. The molecular formula is C18H23NO3S. The second-order valence-corrected chi connectivity index (χ2v) is 7.24. The van der Waals surface area contributed by atoms with E-state index in [1.807, 2.05) is 30.3 Å². The molecule has 0 atom stereocenters. The Labute approximate surface area is 141 Å². The van der Waals surface area contributed by atoms with Gasteiger partial charge in [0.25, 0.3) is 0 Å². The summed E-state index contributed by atoms with van der Waals surface area (Å²) >= 11 is 1.40. The van der Waals surface area contributed by atoms with Crippen LogP contribution in [-0.4, -0.2) is 17.6 Å². The SMILES string of the molecule is CCOC(=O)c1sc(C(C)(C)C)nc1COCc1ccccc1. The molecule has 4 nitrogen and oxygen atoms in total. The van der Waals surface area contributed by atoms with E-state index in [1.165, 1.54) is 11.3 Å². The molecule has 1 aromatic heterocycles. The third-order valence-electron chi connectivity index (χ3n) is 3.15. The van der Waals surface area contributed by atoms with E-state index >= 15 is 0 Å². The topological polar surface area (TPSA) is 48.4 Å². The van der Waals surface area contributed by atoms with Crippen molar-refractivity contribution in [3.8, 4) is 0 Å². The molecule has 0 saturated carbocycles. The number of thiazole rings is 1. The highest BCUT2D eigenvalue weighted by atomic mass is 32.1. The number of benzene rings is 1. The number of esters is 1. The molecule has 2 rings (SSSR count). The van der Waals surface area contributed by atoms with Crippen LogP contribution in [0.1, 0.15) is 53.6 Å². The number of aromatic nitrogens is 1. The van der Waals surface area contributed by atoms with E-state index in [2.05, 4.69) is 25.8 Å². The first kappa shape index (κ1) is 17.6. The first-order chi connectivity index (χ1) is 10.9. The van der Waals surface area contributed by atoms with E-state index in [0.717, 1.165) is 10.6 Å². The summed E-state index contributed by atoms with van der Waals surface area (Å²) in [6.45, 7) is 9.18. The Kier molecular flexibility index (Phi) is 5.91. The van der Waals surface area contributed by atoms with Crippen molar-refractivity contribution in [2.75, 3.05) is 6.61 Å². The fourth-order valence-corrected chi connectivity index (χ4v) is 2.99. The second kappa shape index (κ2) is 7.70. The molecule has 2 aromatic rings. The number of carbonyl (C=O) groups excluding carboxylic acids is 1. The van der Waals surface area contributed by atoms with Gasteiger partial charge in [-0.2, -0.15) is 0 Å². The summed E-state index contributed by atoms with van der Waals surface area (Å²) < 4.78 is 10.9. The summed E-state index contributed by atoms with van der Waals surface area (Å²) in [7, 11) is 0. The predicted molar refractivity (Wildman–Crippen MR) is 91.7 cm³/mol. The lowest BCUT2D eigenvalue weighted by molar-refractivity contribution is 0.0522. The smallest absolute Gasteiger partial charge is 0.350 e. The van der Waals surface area contributed by atoms with Crippen molar-refractivity contribution in [3.63, 3.8) is 0 Å². The molecule has 5 heteroatoms. The normalized spacial score (nSPS) is 11.5. The standard InChI is InChI=1S/C18H23NO3S/c1-5-22-16(20)15-14(19-17(23-15)18(2,3)4)12-21-11-13-9-7-6-8-10-13/h6-10H,5,11-12H2,1-4H3. The molecule has 0 aliphatic heterocycles. The maximum atomic E-state index is 12.1. The van der Waals surface area contributed by atoms with E-state index in [4.69, 9.17) is 9.47 Å². The summed E-state index contributed by atoms with van der Waals surface area (Å²) in [6.07, 6.45) is 0. The third kappa shape index (κ3) is 4.88. The summed E-state index contributed by atoms with van der Waals surface area (Å²) in [6, 6.07) is 9.94.